The van der Waals surface area contributed by atoms with Crippen LogP contribution in [0.4, 0.5) is 11.4 Å². The Morgan fingerprint density at radius 2 is 1.80 bits per heavy atom. The Hall–Kier alpha value is -1.22. The van der Waals surface area contributed by atoms with Gasteiger partial charge in [0, 0.05) is 30.5 Å². The Morgan fingerprint density at radius 1 is 1.20 bits per heavy atom. The second-order valence-corrected chi connectivity index (χ2v) is 4.14. The predicted molar refractivity (Wildman–Crippen MR) is 65.1 cm³/mol. The monoisotopic (exact) mass is 205 g/mol. The van der Waals surface area contributed by atoms with Crippen molar-refractivity contribution in [2.75, 3.05) is 30.8 Å². The lowest BCUT2D eigenvalue weighted by Gasteiger charge is -2.33. The van der Waals surface area contributed by atoms with Crippen LogP contribution in [0, 0.1) is 0 Å². The number of anilines is 2. The van der Waals surface area contributed by atoms with Gasteiger partial charge in [0.15, 0.2) is 0 Å². The smallest absolute Gasteiger partial charge is 0.0367 e. The van der Waals surface area contributed by atoms with Crippen molar-refractivity contribution in [3.05, 3.63) is 24.3 Å². The summed E-state index contributed by atoms with van der Waals surface area (Å²) in [5.41, 5.74) is 7.80. The van der Waals surface area contributed by atoms with Crippen LogP contribution in [0.1, 0.15) is 12.8 Å². The summed E-state index contributed by atoms with van der Waals surface area (Å²) < 4.78 is 0. The molecule has 0 aromatic heterocycles. The molecule has 3 heteroatoms. The van der Waals surface area contributed by atoms with Crippen molar-refractivity contribution in [2.45, 2.75) is 18.9 Å². The largest absolute Gasteiger partial charge is 0.399 e. The number of rotatable bonds is 2. The van der Waals surface area contributed by atoms with E-state index in [9.17, 15) is 0 Å². The van der Waals surface area contributed by atoms with E-state index in [0.29, 0.717) is 6.04 Å². The Kier molecular flexibility index (Phi) is 3.11. The molecule has 0 atom stereocenters. The summed E-state index contributed by atoms with van der Waals surface area (Å²) in [5, 5.41) is 3.34. The maximum absolute atomic E-state index is 5.67. The number of nitrogen functional groups attached to an aromatic ring is 1. The van der Waals surface area contributed by atoms with Crippen molar-refractivity contribution in [3.63, 3.8) is 0 Å². The average Bonchev–Trinajstić information content (AvgIpc) is 2.30. The molecule has 3 nitrogen and oxygen atoms in total. The minimum atomic E-state index is 0.690. The molecule has 1 fully saturated rings. The van der Waals surface area contributed by atoms with Gasteiger partial charge in [-0.25, -0.2) is 0 Å². The summed E-state index contributed by atoms with van der Waals surface area (Å²) >= 11 is 0. The lowest BCUT2D eigenvalue weighted by atomic mass is 10.0. The van der Waals surface area contributed by atoms with Gasteiger partial charge >= 0.3 is 0 Å². The third-order valence-electron chi connectivity index (χ3n) is 3.16. The number of nitrogens with one attached hydrogen (secondary N) is 1. The summed E-state index contributed by atoms with van der Waals surface area (Å²) in [5.74, 6) is 0. The van der Waals surface area contributed by atoms with E-state index in [1.165, 1.54) is 18.5 Å². The first-order valence-corrected chi connectivity index (χ1v) is 5.57. The Bertz CT molecular complexity index is 299. The molecule has 1 aliphatic rings. The van der Waals surface area contributed by atoms with Crippen molar-refractivity contribution in [1.82, 2.24) is 5.32 Å². The minimum absolute atomic E-state index is 0.690. The highest BCUT2D eigenvalue weighted by Gasteiger charge is 2.17. The van der Waals surface area contributed by atoms with Crippen LogP contribution in [-0.2, 0) is 0 Å². The quantitative estimate of drug-likeness (QED) is 0.718. The maximum atomic E-state index is 5.67. The molecule has 1 heterocycles. The topological polar surface area (TPSA) is 41.3 Å². The third kappa shape index (κ3) is 2.42. The summed E-state index contributed by atoms with van der Waals surface area (Å²) in [4.78, 5) is 2.42. The zero-order valence-corrected chi connectivity index (χ0v) is 9.24. The summed E-state index contributed by atoms with van der Waals surface area (Å²) in [6.07, 6.45) is 2.45. The summed E-state index contributed by atoms with van der Waals surface area (Å²) in [7, 11) is 2.05. The molecule has 0 unspecified atom stereocenters. The molecule has 1 aromatic rings. The number of hydrogen-bond donors (Lipinski definition) is 2. The molecule has 1 aliphatic heterocycles. The Morgan fingerprint density at radius 3 is 2.33 bits per heavy atom. The van der Waals surface area contributed by atoms with E-state index in [0.717, 1.165) is 18.8 Å². The molecule has 0 amide bonds. The third-order valence-corrected chi connectivity index (χ3v) is 3.16. The SMILES string of the molecule is CNC1CCN(c2ccc(N)cc2)CC1. The van der Waals surface area contributed by atoms with Crippen molar-refractivity contribution in [3.8, 4) is 0 Å². The number of nitrogens with zero attached hydrogens (tertiary/aromatic N) is 1. The van der Waals surface area contributed by atoms with Crippen LogP contribution in [0.5, 0.6) is 0 Å². The van der Waals surface area contributed by atoms with Crippen molar-refractivity contribution in [2.24, 2.45) is 0 Å². The molecule has 1 aromatic carbocycles. The molecule has 0 saturated carbocycles. The minimum Gasteiger partial charge on any atom is -0.399 e. The van der Waals surface area contributed by atoms with Gasteiger partial charge < -0.3 is 16.0 Å². The van der Waals surface area contributed by atoms with E-state index >= 15 is 0 Å². The number of piperidine rings is 1. The van der Waals surface area contributed by atoms with Crippen LogP contribution < -0.4 is 16.0 Å². The van der Waals surface area contributed by atoms with Gasteiger partial charge in [-0.1, -0.05) is 0 Å². The normalized spacial score (nSPS) is 18.1. The van der Waals surface area contributed by atoms with Crippen LogP contribution in [0.15, 0.2) is 24.3 Å². The molecule has 0 aliphatic carbocycles. The first-order chi connectivity index (χ1) is 7.29. The highest BCUT2D eigenvalue weighted by Crippen LogP contribution is 2.20. The molecule has 3 N–H and O–H groups in total. The van der Waals surface area contributed by atoms with Crippen molar-refractivity contribution >= 4 is 11.4 Å². The fraction of sp³-hybridized carbons (Fsp3) is 0.500. The molecule has 0 radical (unpaired) electrons. The van der Waals surface area contributed by atoms with Gasteiger partial charge in [-0.15, -0.1) is 0 Å². The molecule has 0 spiro atoms. The fourth-order valence-corrected chi connectivity index (χ4v) is 2.11. The Labute approximate surface area is 91.3 Å². The molecule has 1 saturated heterocycles. The zero-order chi connectivity index (χ0) is 10.7. The fourth-order valence-electron chi connectivity index (χ4n) is 2.11. The lowest BCUT2D eigenvalue weighted by molar-refractivity contribution is 0.442. The van der Waals surface area contributed by atoms with Gasteiger partial charge in [0.25, 0.3) is 0 Å². The number of benzene rings is 1. The van der Waals surface area contributed by atoms with E-state index in [-0.39, 0.29) is 0 Å². The van der Waals surface area contributed by atoms with E-state index in [2.05, 4.69) is 22.3 Å². The Balaban J connectivity index is 1.98. The second kappa shape index (κ2) is 4.53. The van der Waals surface area contributed by atoms with Crippen LogP contribution in [0.25, 0.3) is 0 Å². The van der Waals surface area contributed by atoms with E-state index in [1.807, 2.05) is 19.2 Å². The van der Waals surface area contributed by atoms with Gasteiger partial charge in [-0.2, -0.15) is 0 Å². The number of nitrogens with two attached hydrogens (primary N) is 1. The lowest BCUT2D eigenvalue weighted by Crippen LogP contribution is -2.41. The standard InChI is InChI=1S/C12H19N3/c1-14-11-6-8-15(9-7-11)12-4-2-10(13)3-5-12/h2-5,11,14H,6-9,13H2,1H3. The van der Waals surface area contributed by atoms with Crippen LogP contribution in [0.2, 0.25) is 0 Å². The highest BCUT2D eigenvalue weighted by atomic mass is 15.1. The predicted octanol–water partition coefficient (Wildman–Crippen LogP) is 1.46. The highest BCUT2D eigenvalue weighted by molar-refractivity contribution is 5.53. The van der Waals surface area contributed by atoms with Gasteiger partial charge in [-0.05, 0) is 44.2 Å². The van der Waals surface area contributed by atoms with Crippen LogP contribution in [0.3, 0.4) is 0 Å². The molecular weight excluding hydrogens is 186 g/mol. The van der Waals surface area contributed by atoms with E-state index in [4.69, 9.17) is 5.73 Å². The maximum Gasteiger partial charge on any atom is 0.0367 e. The molecular formula is C12H19N3. The van der Waals surface area contributed by atoms with E-state index < -0.39 is 0 Å². The van der Waals surface area contributed by atoms with Crippen molar-refractivity contribution in [1.29, 1.82) is 0 Å². The van der Waals surface area contributed by atoms with Crippen LogP contribution in [-0.4, -0.2) is 26.2 Å². The molecule has 2 rings (SSSR count). The van der Waals surface area contributed by atoms with Crippen LogP contribution >= 0.6 is 0 Å². The number of hydrogen-bond acceptors (Lipinski definition) is 3. The van der Waals surface area contributed by atoms with Gasteiger partial charge in [0.1, 0.15) is 0 Å². The first kappa shape index (κ1) is 10.3. The summed E-state index contributed by atoms with van der Waals surface area (Å²) in [6, 6.07) is 8.85. The van der Waals surface area contributed by atoms with Crippen molar-refractivity contribution < 1.29 is 0 Å². The molecule has 15 heavy (non-hydrogen) atoms. The van der Waals surface area contributed by atoms with E-state index in [1.54, 1.807) is 0 Å². The zero-order valence-electron chi connectivity index (χ0n) is 9.24. The average molecular weight is 205 g/mol. The molecule has 82 valence electrons. The summed E-state index contributed by atoms with van der Waals surface area (Å²) in [6.45, 7) is 2.27. The first-order valence-electron chi connectivity index (χ1n) is 5.57. The van der Waals surface area contributed by atoms with Gasteiger partial charge in [-0.3, -0.25) is 0 Å². The second-order valence-electron chi connectivity index (χ2n) is 4.14. The van der Waals surface area contributed by atoms with Gasteiger partial charge in [0.2, 0.25) is 0 Å². The van der Waals surface area contributed by atoms with Gasteiger partial charge in [0.05, 0.1) is 0 Å². The molecule has 0 bridgehead atoms.